The molecule has 1 aliphatic heterocycles. The SMILES string of the molecule is CC1C(CC23CC4CC(CC(C4)C2)C3)OCCN1Cc1ccccc1. The molecule has 2 unspecified atom stereocenters. The first kappa shape index (κ1) is 16.3. The number of rotatable bonds is 4. The smallest absolute Gasteiger partial charge is 0.0733 e. The Morgan fingerprint density at radius 1 is 1.00 bits per heavy atom. The van der Waals surface area contributed by atoms with Crippen molar-refractivity contribution in [3.63, 3.8) is 0 Å². The van der Waals surface area contributed by atoms with E-state index in [1.165, 1.54) is 31.2 Å². The molecule has 5 aliphatic rings. The first-order chi connectivity index (χ1) is 12.2. The van der Waals surface area contributed by atoms with Crippen LogP contribution >= 0.6 is 0 Å². The Labute approximate surface area is 152 Å². The van der Waals surface area contributed by atoms with Crippen molar-refractivity contribution < 1.29 is 4.74 Å². The van der Waals surface area contributed by atoms with Crippen molar-refractivity contribution in [2.75, 3.05) is 13.2 Å². The molecule has 1 saturated heterocycles. The third-order valence-electron chi connectivity index (χ3n) is 7.85. The van der Waals surface area contributed by atoms with Crippen LogP contribution in [0.25, 0.3) is 0 Å². The van der Waals surface area contributed by atoms with Crippen molar-refractivity contribution in [3.8, 4) is 0 Å². The van der Waals surface area contributed by atoms with Crippen LogP contribution in [0.2, 0.25) is 0 Å². The Bertz CT molecular complexity index is 562. The minimum absolute atomic E-state index is 0.439. The van der Waals surface area contributed by atoms with Gasteiger partial charge in [-0.25, -0.2) is 0 Å². The predicted molar refractivity (Wildman–Crippen MR) is 101 cm³/mol. The van der Waals surface area contributed by atoms with Crippen LogP contribution in [0.4, 0.5) is 0 Å². The molecular formula is C23H33NO. The van der Waals surface area contributed by atoms with Gasteiger partial charge in [0.1, 0.15) is 0 Å². The van der Waals surface area contributed by atoms with Gasteiger partial charge in [-0.1, -0.05) is 30.3 Å². The van der Waals surface area contributed by atoms with Crippen molar-refractivity contribution in [1.29, 1.82) is 0 Å². The van der Waals surface area contributed by atoms with E-state index in [1.807, 2.05) is 0 Å². The lowest BCUT2D eigenvalue weighted by atomic mass is 9.48. The molecule has 1 aromatic carbocycles. The van der Waals surface area contributed by atoms with E-state index in [9.17, 15) is 0 Å². The van der Waals surface area contributed by atoms with Gasteiger partial charge in [-0.05, 0) is 80.6 Å². The average Bonchev–Trinajstić information content (AvgIpc) is 2.58. The highest BCUT2D eigenvalue weighted by Crippen LogP contribution is 2.62. The Morgan fingerprint density at radius 3 is 2.28 bits per heavy atom. The molecule has 2 nitrogen and oxygen atoms in total. The van der Waals surface area contributed by atoms with Gasteiger partial charge >= 0.3 is 0 Å². The van der Waals surface area contributed by atoms with Crippen LogP contribution in [0.1, 0.15) is 57.4 Å². The second kappa shape index (κ2) is 6.39. The molecule has 0 radical (unpaired) electrons. The highest BCUT2D eigenvalue weighted by Gasteiger charge is 2.52. The lowest BCUT2D eigenvalue weighted by Gasteiger charge is -2.58. The van der Waals surface area contributed by atoms with Gasteiger partial charge in [0.15, 0.2) is 0 Å². The first-order valence-corrected chi connectivity index (χ1v) is 10.6. The van der Waals surface area contributed by atoms with Gasteiger partial charge in [0.05, 0.1) is 12.7 Å². The highest BCUT2D eigenvalue weighted by molar-refractivity contribution is 5.15. The van der Waals surface area contributed by atoms with Crippen molar-refractivity contribution in [2.45, 2.75) is 70.6 Å². The largest absolute Gasteiger partial charge is 0.375 e. The summed E-state index contributed by atoms with van der Waals surface area (Å²) < 4.78 is 6.36. The third-order valence-corrected chi connectivity index (χ3v) is 7.85. The summed E-state index contributed by atoms with van der Waals surface area (Å²) in [5.41, 5.74) is 2.06. The van der Waals surface area contributed by atoms with Gasteiger partial charge in [-0.3, -0.25) is 4.90 Å². The molecule has 2 heteroatoms. The first-order valence-electron chi connectivity index (χ1n) is 10.6. The maximum Gasteiger partial charge on any atom is 0.0733 e. The quantitative estimate of drug-likeness (QED) is 0.775. The predicted octanol–water partition coefficient (Wildman–Crippen LogP) is 4.88. The van der Waals surface area contributed by atoms with Crippen molar-refractivity contribution >= 4 is 0 Å². The fourth-order valence-corrected chi connectivity index (χ4v) is 7.14. The summed E-state index contributed by atoms with van der Waals surface area (Å²) in [6.07, 6.45) is 10.9. The zero-order valence-corrected chi connectivity index (χ0v) is 15.7. The van der Waals surface area contributed by atoms with Gasteiger partial charge in [0.25, 0.3) is 0 Å². The molecule has 0 N–H and O–H groups in total. The molecule has 5 fully saturated rings. The number of benzene rings is 1. The zero-order valence-electron chi connectivity index (χ0n) is 15.7. The van der Waals surface area contributed by atoms with E-state index < -0.39 is 0 Å². The van der Waals surface area contributed by atoms with Crippen LogP contribution in [0.3, 0.4) is 0 Å². The monoisotopic (exact) mass is 339 g/mol. The average molecular weight is 340 g/mol. The van der Waals surface area contributed by atoms with Crippen LogP contribution in [0, 0.1) is 23.2 Å². The van der Waals surface area contributed by atoms with Crippen LogP contribution < -0.4 is 0 Å². The summed E-state index contributed by atoms with van der Waals surface area (Å²) in [6, 6.07) is 11.5. The Kier molecular flexibility index (Phi) is 4.17. The number of morpholine rings is 1. The molecule has 4 saturated carbocycles. The van der Waals surface area contributed by atoms with Crippen LogP contribution in [0.5, 0.6) is 0 Å². The normalized spacial score (nSPS) is 43.5. The molecule has 2 atom stereocenters. The standard InChI is InChI=1S/C23H33NO/c1-17-22(25-8-7-24(17)16-18-5-3-2-4-6-18)15-23-12-19-9-20(13-23)11-21(10-19)14-23/h2-6,17,19-22H,7-16H2,1H3. The van der Waals surface area contributed by atoms with Crippen LogP contribution in [0.15, 0.2) is 30.3 Å². The summed E-state index contributed by atoms with van der Waals surface area (Å²) in [5, 5.41) is 0. The Balaban J connectivity index is 1.28. The van der Waals surface area contributed by atoms with Gasteiger partial charge in [-0.15, -0.1) is 0 Å². The molecule has 0 amide bonds. The molecule has 4 aliphatic carbocycles. The second-order valence-corrected chi connectivity index (χ2v) is 9.73. The number of ether oxygens (including phenoxy) is 1. The van der Waals surface area contributed by atoms with E-state index >= 15 is 0 Å². The molecule has 1 aromatic rings. The summed E-state index contributed by atoms with van der Waals surface area (Å²) >= 11 is 0. The summed E-state index contributed by atoms with van der Waals surface area (Å²) in [5.74, 6) is 3.14. The fourth-order valence-electron chi connectivity index (χ4n) is 7.14. The third kappa shape index (κ3) is 3.17. The van der Waals surface area contributed by atoms with E-state index in [1.54, 1.807) is 19.3 Å². The van der Waals surface area contributed by atoms with Crippen molar-refractivity contribution in [2.24, 2.45) is 23.2 Å². The Hall–Kier alpha value is -0.860. The second-order valence-electron chi connectivity index (χ2n) is 9.73. The number of nitrogens with zero attached hydrogens (tertiary/aromatic N) is 1. The van der Waals surface area contributed by atoms with E-state index in [2.05, 4.69) is 42.2 Å². The van der Waals surface area contributed by atoms with E-state index in [0.29, 0.717) is 17.6 Å². The van der Waals surface area contributed by atoms with E-state index in [4.69, 9.17) is 4.74 Å². The summed E-state index contributed by atoms with van der Waals surface area (Å²) in [4.78, 5) is 2.66. The van der Waals surface area contributed by atoms with Crippen LogP contribution in [-0.4, -0.2) is 30.2 Å². The van der Waals surface area contributed by atoms with Crippen molar-refractivity contribution in [3.05, 3.63) is 35.9 Å². The fraction of sp³-hybridized carbons (Fsp3) is 0.739. The summed E-state index contributed by atoms with van der Waals surface area (Å²) in [6.45, 7) is 5.47. The molecule has 0 aromatic heterocycles. The van der Waals surface area contributed by atoms with Crippen LogP contribution in [-0.2, 0) is 11.3 Å². The molecule has 0 spiro atoms. The van der Waals surface area contributed by atoms with Gasteiger partial charge in [0.2, 0.25) is 0 Å². The number of hydrogen-bond donors (Lipinski definition) is 0. The lowest BCUT2D eigenvalue weighted by Crippen LogP contribution is -2.53. The van der Waals surface area contributed by atoms with Gasteiger partial charge in [0, 0.05) is 19.1 Å². The molecule has 136 valence electrons. The topological polar surface area (TPSA) is 12.5 Å². The van der Waals surface area contributed by atoms with Gasteiger partial charge in [-0.2, -0.15) is 0 Å². The van der Waals surface area contributed by atoms with Gasteiger partial charge < -0.3 is 4.74 Å². The molecular weight excluding hydrogens is 306 g/mol. The molecule has 6 rings (SSSR count). The molecule has 25 heavy (non-hydrogen) atoms. The molecule has 4 bridgehead atoms. The lowest BCUT2D eigenvalue weighted by molar-refractivity contribution is -0.124. The number of hydrogen-bond acceptors (Lipinski definition) is 2. The Morgan fingerprint density at radius 2 is 1.64 bits per heavy atom. The van der Waals surface area contributed by atoms with Crippen molar-refractivity contribution in [1.82, 2.24) is 4.90 Å². The summed E-state index contributed by atoms with van der Waals surface area (Å²) in [7, 11) is 0. The van der Waals surface area contributed by atoms with E-state index in [0.717, 1.165) is 37.5 Å². The minimum atomic E-state index is 0.439. The molecule has 1 heterocycles. The maximum absolute atomic E-state index is 6.36. The zero-order chi connectivity index (χ0) is 16.9. The maximum atomic E-state index is 6.36. The minimum Gasteiger partial charge on any atom is -0.375 e. The highest BCUT2D eigenvalue weighted by atomic mass is 16.5. The van der Waals surface area contributed by atoms with E-state index in [-0.39, 0.29) is 0 Å².